The van der Waals surface area contributed by atoms with Crippen molar-refractivity contribution in [2.24, 2.45) is 5.92 Å². The molecule has 2 unspecified atom stereocenters. The minimum Gasteiger partial charge on any atom is -0.497 e. The number of carbonyl (C=O) groups is 1. The second-order valence-corrected chi connectivity index (χ2v) is 14.5. The van der Waals surface area contributed by atoms with E-state index in [4.69, 9.17) is 16.3 Å². The molecular weight excluding hydrogens is 638 g/mol. The van der Waals surface area contributed by atoms with Crippen LogP contribution < -0.4 is 24.8 Å². The van der Waals surface area contributed by atoms with Gasteiger partial charge in [-0.05, 0) is 79.1 Å². The number of carbonyl (C=O) groups excluding carboxylic acids is 1. The number of sulfonamides is 1. The van der Waals surface area contributed by atoms with E-state index >= 15 is 0 Å². The number of methoxy groups -OCH3 is 1. The first-order valence-electron chi connectivity index (χ1n) is 15.7. The number of rotatable bonds is 7. The van der Waals surface area contributed by atoms with Crippen molar-refractivity contribution in [3.05, 3.63) is 112 Å². The lowest BCUT2D eigenvalue weighted by molar-refractivity contribution is 0.0747. The number of fused-ring (bicyclic) bond motifs is 4. The minimum absolute atomic E-state index is 0.00913. The summed E-state index contributed by atoms with van der Waals surface area (Å²) in [5.41, 5.74) is 3.48. The van der Waals surface area contributed by atoms with Crippen LogP contribution in [0.5, 0.6) is 5.75 Å². The number of nitrogens with zero attached hydrogens (tertiary/aromatic N) is 4. The van der Waals surface area contributed by atoms with Gasteiger partial charge in [0.2, 0.25) is 0 Å². The smallest absolute Gasteiger partial charge is 0.261 e. The zero-order chi connectivity index (χ0) is 32.7. The third-order valence-corrected chi connectivity index (χ3v) is 11.0. The predicted molar refractivity (Wildman–Crippen MR) is 184 cm³/mol. The lowest BCUT2D eigenvalue weighted by Crippen LogP contribution is -2.49. The molecule has 2 fully saturated rings. The van der Waals surface area contributed by atoms with Crippen molar-refractivity contribution in [1.82, 2.24) is 9.47 Å². The number of halogens is 1. The number of anilines is 3. The second kappa shape index (κ2) is 12.6. The van der Waals surface area contributed by atoms with E-state index in [0.717, 1.165) is 17.8 Å². The number of piperidine rings is 1. The summed E-state index contributed by atoms with van der Waals surface area (Å²) >= 11 is 6.20. The quantitative estimate of drug-likeness (QED) is 0.298. The average Bonchev–Trinajstić information content (AvgIpc) is 3.08. The van der Waals surface area contributed by atoms with Gasteiger partial charge in [-0.25, -0.2) is 8.42 Å². The molecule has 1 N–H and O–H groups in total. The number of piperazine rings is 1. The van der Waals surface area contributed by atoms with E-state index in [1.807, 2.05) is 41.0 Å². The van der Waals surface area contributed by atoms with Gasteiger partial charge < -0.3 is 24.0 Å². The molecule has 0 aliphatic carbocycles. The van der Waals surface area contributed by atoms with Gasteiger partial charge >= 0.3 is 0 Å². The van der Waals surface area contributed by atoms with Gasteiger partial charge in [-0.2, -0.15) is 0 Å². The normalized spacial score (nSPS) is 19.2. The van der Waals surface area contributed by atoms with Crippen LogP contribution in [0.25, 0.3) is 0 Å². The third-order valence-electron chi connectivity index (χ3n) is 9.42. The lowest BCUT2D eigenvalue weighted by atomic mass is 9.83. The molecule has 3 aromatic carbocycles. The minimum atomic E-state index is -4.00. The van der Waals surface area contributed by atoms with Crippen molar-refractivity contribution in [3.8, 4) is 5.75 Å². The molecule has 10 nitrogen and oxygen atoms in total. The first-order chi connectivity index (χ1) is 22.7. The second-order valence-electron chi connectivity index (χ2n) is 12.4. The van der Waals surface area contributed by atoms with Crippen molar-refractivity contribution in [1.29, 1.82) is 0 Å². The number of aromatic nitrogens is 1. The molecule has 3 aliphatic heterocycles. The Balaban J connectivity index is 1.18. The van der Waals surface area contributed by atoms with Crippen LogP contribution >= 0.6 is 11.6 Å². The van der Waals surface area contributed by atoms with Gasteiger partial charge in [0.25, 0.3) is 21.5 Å². The molecule has 7 rings (SSSR count). The highest BCUT2D eigenvalue weighted by atomic mass is 35.5. The van der Waals surface area contributed by atoms with Crippen molar-refractivity contribution < 1.29 is 17.9 Å². The van der Waals surface area contributed by atoms with Gasteiger partial charge in [0.1, 0.15) is 5.75 Å². The Morgan fingerprint density at radius 2 is 1.64 bits per heavy atom. The van der Waals surface area contributed by atoms with Gasteiger partial charge in [0.15, 0.2) is 0 Å². The molecule has 4 heterocycles. The standard InChI is InChI=1S/C35H36ClN5O5S/c1-46-29-9-11-30(12-10-29)47(44,45)37-31-19-25(35(43)39-16-14-38(15-17-39)28-5-2-4-27(36)20-28)8-13-33(31)40-21-24-18-26(23-40)32-6-3-7-34(42)41(32)22-24/h2-13,19-20,24,26,37H,14-18,21-23H2,1H3. The summed E-state index contributed by atoms with van der Waals surface area (Å²) in [5, 5.41) is 0.668. The summed E-state index contributed by atoms with van der Waals surface area (Å²) in [7, 11) is -2.48. The summed E-state index contributed by atoms with van der Waals surface area (Å²) in [4.78, 5) is 32.7. The van der Waals surface area contributed by atoms with Gasteiger partial charge in [-0.15, -0.1) is 0 Å². The molecule has 1 aromatic heterocycles. The van der Waals surface area contributed by atoms with E-state index in [0.29, 0.717) is 73.5 Å². The van der Waals surface area contributed by atoms with E-state index in [2.05, 4.69) is 14.5 Å². The van der Waals surface area contributed by atoms with E-state index in [-0.39, 0.29) is 28.2 Å². The van der Waals surface area contributed by atoms with Gasteiger partial charge in [0, 0.05) is 79.8 Å². The van der Waals surface area contributed by atoms with Crippen LogP contribution in [-0.2, 0) is 16.6 Å². The number of ether oxygens (including phenoxy) is 1. The average molecular weight is 674 g/mol. The van der Waals surface area contributed by atoms with Gasteiger partial charge in [0.05, 0.1) is 23.4 Å². The maximum Gasteiger partial charge on any atom is 0.261 e. The highest BCUT2D eigenvalue weighted by Crippen LogP contribution is 2.40. The zero-order valence-corrected chi connectivity index (χ0v) is 27.6. The Hall–Kier alpha value is -4.48. The number of pyridine rings is 1. The largest absolute Gasteiger partial charge is 0.497 e. The summed E-state index contributed by atoms with van der Waals surface area (Å²) in [6.45, 7) is 4.25. The Kier molecular flexibility index (Phi) is 8.36. The van der Waals surface area contributed by atoms with Crippen molar-refractivity contribution in [3.63, 3.8) is 0 Å². The first kappa shape index (κ1) is 31.1. The van der Waals surface area contributed by atoms with Crippen LogP contribution in [0.3, 0.4) is 0 Å². The summed E-state index contributed by atoms with van der Waals surface area (Å²) in [5.74, 6) is 0.743. The topological polar surface area (TPSA) is 104 Å². The Morgan fingerprint density at radius 1 is 0.872 bits per heavy atom. The number of hydrogen-bond donors (Lipinski definition) is 1. The fourth-order valence-electron chi connectivity index (χ4n) is 7.10. The molecule has 2 atom stereocenters. The number of amides is 1. The number of benzene rings is 3. The molecule has 1 amide bonds. The van der Waals surface area contributed by atoms with Crippen molar-refractivity contribution in [2.75, 3.05) is 60.9 Å². The van der Waals surface area contributed by atoms with E-state index < -0.39 is 10.0 Å². The maximum atomic E-state index is 13.8. The molecule has 47 heavy (non-hydrogen) atoms. The molecule has 3 aliphatic rings. The van der Waals surface area contributed by atoms with Crippen LogP contribution in [0.1, 0.15) is 28.4 Å². The molecule has 0 saturated carbocycles. The molecule has 2 bridgehead atoms. The Labute approximate surface area is 279 Å². The Bertz CT molecular complexity index is 1980. The van der Waals surface area contributed by atoms with Crippen LogP contribution in [0.15, 0.2) is 94.6 Å². The maximum absolute atomic E-state index is 13.8. The van der Waals surface area contributed by atoms with Crippen LogP contribution in [0.2, 0.25) is 5.02 Å². The lowest BCUT2D eigenvalue weighted by Gasteiger charge is -2.44. The zero-order valence-electron chi connectivity index (χ0n) is 26.0. The Morgan fingerprint density at radius 3 is 2.38 bits per heavy atom. The monoisotopic (exact) mass is 673 g/mol. The highest BCUT2D eigenvalue weighted by Gasteiger charge is 2.36. The molecule has 244 valence electrons. The fraction of sp³-hybridized carbons (Fsp3) is 0.314. The van der Waals surface area contributed by atoms with Crippen LogP contribution in [-0.4, -0.2) is 70.2 Å². The number of nitrogens with one attached hydrogen (secondary N) is 1. The predicted octanol–water partition coefficient (Wildman–Crippen LogP) is 4.90. The molecule has 4 aromatic rings. The van der Waals surface area contributed by atoms with Crippen LogP contribution in [0.4, 0.5) is 17.1 Å². The SMILES string of the molecule is COc1ccc(S(=O)(=O)Nc2cc(C(=O)N3CCN(c4cccc(Cl)c4)CC3)ccc2N2CC3CC(C2)c2cccc(=O)n2C3)cc1. The molecule has 12 heteroatoms. The molecular formula is C35H36ClN5O5S. The first-order valence-corrected chi connectivity index (χ1v) is 17.6. The van der Waals surface area contributed by atoms with E-state index in [1.165, 1.54) is 19.2 Å². The molecule has 2 saturated heterocycles. The van der Waals surface area contributed by atoms with Crippen molar-refractivity contribution >= 4 is 44.6 Å². The van der Waals surface area contributed by atoms with Crippen molar-refractivity contribution in [2.45, 2.75) is 23.8 Å². The van der Waals surface area contributed by atoms with Gasteiger partial charge in [-0.3, -0.25) is 14.3 Å². The van der Waals surface area contributed by atoms with Crippen LogP contribution in [0, 0.1) is 5.92 Å². The van der Waals surface area contributed by atoms with E-state index in [1.54, 1.807) is 41.3 Å². The third kappa shape index (κ3) is 6.29. The summed E-state index contributed by atoms with van der Waals surface area (Å²) in [6.07, 6.45) is 0.963. The van der Waals surface area contributed by atoms with Gasteiger partial charge in [-0.1, -0.05) is 23.7 Å². The fourth-order valence-corrected chi connectivity index (χ4v) is 8.35. The number of hydrogen-bond acceptors (Lipinski definition) is 7. The molecule has 0 radical (unpaired) electrons. The van der Waals surface area contributed by atoms with E-state index in [9.17, 15) is 18.0 Å². The molecule has 0 spiro atoms. The summed E-state index contributed by atoms with van der Waals surface area (Å²) in [6, 6.07) is 24.6. The summed E-state index contributed by atoms with van der Waals surface area (Å²) < 4.78 is 37.3. The highest BCUT2D eigenvalue weighted by molar-refractivity contribution is 7.92.